The monoisotopic (exact) mass is 337 g/mol. The van der Waals surface area contributed by atoms with Crippen molar-refractivity contribution in [3.63, 3.8) is 0 Å². The van der Waals surface area contributed by atoms with Crippen LogP contribution in [0, 0.1) is 6.92 Å². The first-order valence-electron chi connectivity index (χ1n) is 6.05. The number of carbonyl (C=O) groups is 1. The zero-order valence-electron chi connectivity index (χ0n) is 12.3. The highest BCUT2D eigenvalue weighted by atomic mass is 32.2. The summed E-state index contributed by atoms with van der Waals surface area (Å²) < 4.78 is 41.8. The molecule has 0 fully saturated rings. The molecule has 1 rings (SSSR count). The maximum atomic E-state index is 12.4. The lowest BCUT2D eigenvalue weighted by Crippen LogP contribution is -2.36. The lowest BCUT2D eigenvalue weighted by molar-refractivity contribution is 0.0320. The van der Waals surface area contributed by atoms with E-state index in [1.165, 1.54) is 21.3 Å². The molecule has 0 radical (unpaired) electrons. The molecule has 0 aliphatic rings. The van der Waals surface area contributed by atoms with Gasteiger partial charge in [0.15, 0.2) is 0 Å². The van der Waals surface area contributed by atoms with Crippen LogP contribution >= 0.6 is 11.3 Å². The standard InChI is InChI=1S/C12H19NO6S2/c1-8-7-20-10(12(14)19-4)11(8)21(15,16)13-5-9(18-3)6-17-2/h7,9,13H,5-6H2,1-4H3. The third kappa shape index (κ3) is 4.48. The van der Waals surface area contributed by atoms with Gasteiger partial charge in [0.25, 0.3) is 0 Å². The first-order valence-corrected chi connectivity index (χ1v) is 8.41. The van der Waals surface area contributed by atoms with E-state index in [0.29, 0.717) is 5.56 Å². The third-order valence-electron chi connectivity index (χ3n) is 2.74. The van der Waals surface area contributed by atoms with Crippen LogP contribution in [0.2, 0.25) is 0 Å². The second-order valence-corrected chi connectivity index (χ2v) is 6.82. The van der Waals surface area contributed by atoms with Crippen molar-refractivity contribution in [2.45, 2.75) is 17.9 Å². The molecule has 1 atom stereocenters. The van der Waals surface area contributed by atoms with Crippen LogP contribution in [0.15, 0.2) is 10.3 Å². The summed E-state index contributed by atoms with van der Waals surface area (Å²) in [4.78, 5) is 11.7. The fraction of sp³-hybridized carbons (Fsp3) is 0.583. The number of methoxy groups -OCH3 is 3. The summed E-state index contributed by atoms with van der Waals surface area (Å²) in [5.41, 5.74) is 0.494. The molecule has 120 valence electrons. The SMILES string of the molecule is COCC(CNS(=O)(=O)c1c(C)csc1C(=O)OC)OC. The van der Waals surface area contributed by atoms with Gasteiger partial charge < -0.3 is 14.2 Å². The van der Waals surface area contributed by atoms with Crippen molar-refractivity contribution >= 4 is 27.3 Å². The molecular weight excluding hydrogens is 318 g/mol. The van der Waals surface area contributed by atoms with Crippen molar-refractivity contribution in [3.05, 3.63) is 15.8 Å². The fourth-order valence-corrected chi connectivity index (χ4v) is 4.44. The number of thiophene rings is 1. The van der Waals surface area contributed by atoms with Crippen LogP contribution < -0.4 is 4.72 Å². The van der Waals surface area contributed by atoms with Gasteiger partial charge in [0.2, 0.25) is 10.0 Å². The maximum absolute atomic E-state index is 12.4. The van der Waals surface area contributed by atoms with Crippen molar-refractivity contribution in [3.8, 4) is 0 Å². The van der Waals surface area contributed by atoms with Gasteiger partial charge in [-0.2, -0.15) is 0 Å². The summed E-state index contributed by atoms with van der Waals surface area (Å²) >= 11 is 1.04. The average molecular weight is 337 g/mol. The highest BCUT2D eigenvalue weighted by Crippen LogP contribution is 2.27. The van der Waals surface area contributed by atoms with E-state index in [2.05, 4.69) is 9.46 Å². The van der Waals surface area contributed by atoms with Gasteiger partial charge >= 0.3 is 5.97 Å². The van der Waals surface area contributed by atoms with Crippen LogP contribution in [-0.4, -0.2) is 55.0 Å². The first-order chi connectivity index (χ1) is 9.87. The van der Waals surface area contributed by atoms with E-state index in [-0.39, 0.29) is 22.9 Å². The van der Waals surface area contributed by atoms with Crippen LogP contribution in [0.3, 0.4) is 0 Å². The zero-order valence-corrected chi connectivity index (χ0v) is 14.0. The van der Waals surface area contributed by atoms with Gasteiger partial charge in [0, 0.05) is 20.8 Å². The maximum Gasteiger partial charge on any atom is 0.349 e. The fourth-order valence-electron chi connectivity index (χ4n) is 1.67. The summed E-state index contributed by atoms with van der Waals surface area (Å²) in [6.45, 7) is 1.93. The van der Waals surface area contributed by atoms with Gasteiger partial charge in [-0.15, -0.1) is 11.3 Å². The van der Waals surface area contributed by atoms with Crippen molar-refractivity contribution in [1.82, 2.24) is 4.72 Å². The minimum absolute atomic E-state index is 0.0442. The van der Waals surface area contributed by atoms with Gasteiger partial charge in [-0.3, -0.25) is 0 Å². The summed E-state index contributed by atoms with van der Waals surface area (Å²) in [6, 6.07) is 0. The Morgan fingerprint density at radius 1 is 1.38 bits per heavy atom. The van der Waals surface area contributed by atoms with Crippen LogP contribution in [0.4, 0.5) is 0 Å². The molecule has 1 N–H and O–H groups in total. The molecule has 1 aromatic rings. The van der Waals surface area contributed by atoms with E-state index >= 15 is 0 Å². The summed E-state index contributed by atoms with van der Waals surface area (Å²) in [5.74, 6) is -0.673. The summed E-state index contributed by atoms with van der Waals surface area (Å²) in [7, 11) is 0.341. The third-order valence-corrected chi connectivity index (χ3v) is 5.56. The Morgan fingerprint density at radius 3 is 2.57 bits per heavy atom. The van der Waals surface area contributed by atoms with E-state index in [9.17, 15) is 13.2 Å². The molecule has 0 aliphatic heterocycles. The largest absolute Gasteiger partial charge is 0.465 e. The number of hydrogen-bond acceptors (Lipinski definition) is 7. The quantitative estimate of drug-likeness (QED) is 0.705. The summed E-state index contributed by atoms with van der Waals surface area (Å²) in [6.07, 6.45) is -0.412. The molecule has 9 heteroatoms. The Kier molecular flexibility index (Phi) is 6.75. The molecule has 21 heavy (non-hydrogen) atoms. The van der Waals surface area contributed by atoms with E-state index in [1.54, 1.807) is 12.3 Å². The molecule has 0 aliphatic carbocycles. The van der Waals surface area contributed by atoms with E-state index in [4.69, 9.17) is 9.47 Å². The first kappa shape index (κ1) is 18.1. The van der Waals surface area contributed by atoms with Crippen molar-refractivity contribution in [1.29, 1.82) is 0 Å². The lowest BCUT2D eigenvalue weighted by atomic mass is 10.3. The van der Waals surface area contributed by atoms with Crippen molar-refractivity contribution in [2.75, 3.05) is 34.5 Å². The Morgan fingerprint density at radius 2 is 2.05 bits per heavy atom. The molecule has 7 nitrogen and oxygen atoms in total. The van der Waals surface area contributed by atoms with Crippen LogP contribution in [0.25, 0.3) is 0 Å². The number of esters is 1. The van der Waals surface area contributed by atoms with Crippen LogP contribution in [0.1, 0.15) is 15.2 Å². The number of rotatable bonds is 8. The van der Waals surface area contributed by atoms with Crippen LogP contribution in [0.5, 0.6) is 0 Å². The van der Waals surface area contributed by atoms with Gasteiger partial charge in [0.05, 0.1) is 19.8 Å². The van der Waals surface area contributed by atoms with Crippen molar-refractivity contribution in [2.24, 2.45) is 0 Å². The number of ether oxygens (including phenoxy) is 3. The number of aryl methyl sites for hydroxylation is 1. The molecule has 0 saturated carbocycles. The van der Waals surface area contributed by atoms with E-state index in [0.717, 1.165) is 11.3 Å². The molecule has 1 heterocycles. The number of carbonyl (C=O) groups excluding carboxylic acids is 1. The second-order valence-electron chi connectivity index (χ2n) is 4.23. The Balaban J connectivity index is 2.98. The highest BCUT2D eigenvalue weighted by Gasteiger charge is 2.28. The van der Waals surface area contributed by atoms with Gasteiger partial charge in [-0.05, 0) is 17.9 Å². The molecule has 0 saturated heterocycles. The average Bonchev–Trinajstić information content (AvgIpc) is 2.85. The normalized spacial score (nSPS) is 13.1. The Hall–Kier alpha value is -1.00. The molecule has 0 aromatic carbocycles. The number of sulfonamides is 1. The molecule has 0 spiro atoms. The predicted molar refractivity (Wildman–Crippen MR) is 78.3 cm³/mol. The number of nitrogens with one attached hydrogen (secondary N) is 1. The molecule has 0 bridgehead atoms. The van der Waals surface area contributed by atoms with E-state index < -0.39 is 22.1 Å². The lowest BCUT2D eigenvalue weighted by Gasteiger charge is -2.15. The minimum Gasteiger partial charge on any atom is -0.465 e. The molecule has 1 aromatic heterocycles. The zero-order chi connectivity index (χ0) is 16.0. The Bertz CT molecular complexity index is 581. The van der Waals surface area contributed by atoms with Crippen molar-refractivity contribution < 1.29 is 27.4 Å². The molecule has 0 amide bonds. The Labute approximate surface area is 128 Å². The highest BCUT2D eigenvalue weighted by molar-refractivity contribution is 7.89. The van der Waals surface area contributed by atoms with E-state index in [1.807, 2.05) is 0 Å². The summed E-state index contributed by atoms with van der Waals surface area (Å²) in [5, 5.41) is 1.60. The predicted octanol–water partition coefficient (Wildman–Crippen LogP) is 0.783. The molecule has 1 unspecified atom stereocenters. The second kappa shape index (κ2) is 7.85. The topological polar surface area (TPSA) is 90.9 Å². The number of hydrogen-bond donors (Lipinski definition) is 1. The smallest absolute Gasteiger partial charge is 0.349 e. The minimum atomic E-state index is -3.83. The van der Waals surface area contributed by atoms with Gasteiger partial charge in [-0.25, -0.2) is 17.9 Å². The molecular formula is C12H19NO6S2. The van der Waals surface area contributed by atoms with Gasteiger partial charge in [-0.1, -0.05) is 0 Å². The van der Waals surface area contributed by atoms with Crippen LogP contribution in [-0.2, 0) is 24.2 Å². The van der Waals surface area contributed by atoms with Gasteiger partial charge in [0.1, 0.15) is 9.77 Å².